The number of hydrogen-bond donors (Lipinski definition) is 2. The molecule has 1 aromatic carbocycles. The molecule has 0 fully saturated rings. The summed E-state index contributed by atoms with van der Waals surface area (Å²) in [6.45, 7) is 9.56. The van der Waals surface area contributed by atoms with Gasteiger partial charge in [0, 0.05) is 18.8 Å². The van der Waals surface area contributed by atoms with Gasteiger partial charge in [-0.1, -0.05) is 38.8 Å². The Morgan fingerprint density at radius 1 is 1.05 bits per heavy atom. The molecule has 1 aromatic rings. The molecular formula is C17H31N3. The monoisotopic (exact) mass is 277 g/mol. The van der Waals surface area contributed by atoms with E-state index < -0.39 is 0 Å². The minimum Gasteiger partial charge on any atom is -0.385 e. The second-order valence-corrected chi connectivity index (χ2v) is 5.29. The lowest BCUT2D eigenvalue weighted by Gasteiger charge is -2.18. The average molecular weight is 277 g/mol. The van der Waals surface area contributed by atoms with Crippen LogP contribution in [0.4, 0.5) is 5.69 Å². The van der Waals surface area contributed by atoms with Crippen LogP contribution >= 0.6 is 0 Å². The van der Waals surface area contributed by atoms with Crippen LogP contribution in [0.5, 0.6) is 0 Å². The second-order valence-electron chi connectivity index (χ2n) is 5.29. The molecule has 114 valence electrons. The maximum Gasteiger partial charge on any atom is 0.0343 e. The third kappa shape index (κ3) is 6.92. The number of nitrogens with two attached hydrogens (primary N) is 1. The van der Waals surface area contributed by atoms with Gasteiger partial charge in [0.15, 0.2) is 0 Å². The van der Waals surface area contributed by atoms with Gasteiger partial charge in [-0.2, -0.15) is 0 Å². The molecule has 0 saturated heterocycles. The molecule has 0 unspecified atom stereocenters. The van der Waals surface area contributed by atoms with Crippen LogP contribution in [-0.2, 0) is 6.54 Å². The van der Waals surface area contributed by atoms with Gasteiger partial charge in [0.1, 0.15) is 0 Å². The number of hydrogen-bond acceptors (Lipinski definition) is 3. The molecule has 0 spiro atoms. The summed E-state index contributed by atoms with van der Waals surface area (Å²) < 4.78 is 0. The Kier molecular flexibility index (Phi) is 9.09. The van der Waals surface area contributed by atoms with E-state index in [0.717, 1.165) is 39.1 Å². The highest BCUT2D eigenvalue weighted by Crippen LogP contribution is 2.13. The van der Waals surface area contributed by atoms with Crippen molar-refractivity contribution in [3.8, 4) is 0 Å². The number of anilines is 1. The van der Waals surface area contributed by atoms with E-state index in [1.54, 1.807) is 0 Å². The van der Waals surface area contributed by atoms with Crippen molar-refractivity contribution in [2.45, 2.75) is 46.1 Å². The van der Waals surface area contributed by atoms with Gasteiger partial charge in [-0.15, -0.1) is 0 Å². The molecule has 0 radical (unpaired) electrons. The fourth-order valence-corrected chi connectivity index (χ4v) is 2.34. The highest BCUT2D eigenvalue weighted by Gasteiger charge is 2.01. The summed E-state index contributed by atoms with van der Waals surface area (Å²) >= 11 is 0. The smallest absolute Gasteiger partial charge is 0.0343 e. The van der Waals surface area contributed by atoms with Gasteiger partial charge in [-0.05, 0) is 50.2 Å². The van der Waals surface area contributed by atoms with Crippen molar-refractivity contribution in [1.29, 1.82) is 0 Å². The van der Waals surface area contributed by atoms with E-state index in [2.05, 4.69) is 48.3 Å². The van der Waals surface area contributed by atoms with Gasteiger partial charge in [-0.3, -0.25) is 4.90 Å². The first-order chi connectivity index (χ1) is 9.80. The van der Waals surface area contributed by atoms with Crippen LogP contribution in [-0.4, -0.2) is 31.1 Å². The van der Waals surface area contributed by atoms with Gasteiger partial charge >= 0.3 is 0 Å². The lowest BCUT2D eigenvalue weighted by molar-refractivity contribution is 0.296. The van der Waals surface area contributed by atoms with Crippen LogP contribution in [0.2, 0.25) is 0 Å². The highest BCUT2D eigenvalue weighted by molar-refractivity contribution is 5.45. The van der Waals surface area contributed by atoms with Gasteiger partial charge in [0.2, 0.25) is 0 Å². The zero-order valence-corrected chi connectivity index (χ0v) is 13.2. The lowest BCUT2D eigenvalue weighted by Crippen LogP contribution is -2.22. The Morgan fingerprint density at radius 3 is 2.50 bits per heavy atom. The summed E-state index contributed by atoms with van der Waals surface area (Å²) in [7, 11) is 0. The first kappa shape index (κ1) is 17.0. The molecule has 0 aliphatic heterocycles. The van der Waals surface area contributed by atoms with Crippen molar-refractivity contribution >= 4 is 5.69 Å². The van der Waals surface area contributed by atoms with Crippen LogP contribution in [0, 0.1) is 0 Å². The molecule has 0 heterocycles. The molecule has 0 atom stereocenters. The van der Waals surface area contributed by atoms with E-state index in [-0.39, 0.29) is 0 Å². The maximum atomic E-state index is 5.49. The van der Waals surface area contributed by atoms with Crippen LogP contribution in [0.25, 0.3) is 0 Å². The number of unbranched alkanes of at least 4 members (excludes halogenated alkanes) is 3. The van der Waals surface area contributed by atoms with Crippen molar-refractivity contribution in [3.63, 3.8) is 0 Å². The molecule has 0 aliphatic rings. The molecule has 1 rings (SSSR count). The predicted octanol–water partition coefficient (Wildman–Crippen LogP) is 3.46. The van der Waals surface area contributed by atoms with Crippen LogP contribution < -0.4 is 11.1 Å². The second kappa shape index (κ2) is 10.7. The number of benzene rings is 1. The van der Waals surface area contributed by atoms with Gasteiger partial charge in [-0.25, -0.2) is 0 Å². The summed E-state index contributed by atoms with van der Waals surface area (Å²) in [6.07, 6.45) is 4.89. The highest BCUT2D eigenvalue weighted by atomic mass is 15.1. The molecule has 0 saturated carbocycles. The van der Waals surface area contributed by atoms with Crippen LogP contribution in [0.1, 0.15) is 45.1 Å². The van der Waals surface area contributed by atoms with Crippen LogP contribution in [0.3, 0.4) is 0 Å². The fraction of sp³-hybridized carbons (Fsp3) is 0.647. The summed E-state index contributed by atoms with van der Waals surface area (Å²) in [5, 5.41) is 3.52. The molecule has 3 N–H and O–H groups in total. The summed E-state index contributed by atoms with van der Waals surface area (Å²) in [6, 6.07) is 8.80. The van der Waals surface area contributed by atoms with Gasteiger partial charge in [0.05, 0.1) is 0 Å². The number of nitrogens with one attached hydrogen (secondary N) is 1. The van der Waals surface area contributed by atoms with E-state index in [1.165, 1.54) is 30.5 Å². The Balaban J connectivity index is 2.32. The Labute approximate surface area is 124 Å². The molecule has 3 nitrogen and oxygen atoms in total. The normalized spacial score (nSPS) is 11.0. The molecule has 3 heteroatoms. The van der Waals surface area contributed by atoms with E-state index >= 15 is 0 Å². The zero-order valence-electron chi connectivity index (χ0n) is 13.2. The van der Waals surface area contributed by atoms with E-state index in [0.29, 0.717) is 0 Å². The topological polar surface area (TPSA) is 41.3 Å². The third-order valence-electron chi connectivity index (χ3n) is 3.69. The first-order valence-corrected chi connectivity index (χ1v) is 8.05. The Bertz CT molecular complexity index is 348. The number of rotatable bonds is 11. The molecule has 0 amide bonds. The maximum absolute atomic E-state index is 5.49. The largest absolute Gasteiger partial charge is 0.385 e. The fourth-order valence-electron chi connectivity index (χ4n) is 2.34. The van der Waals surface area contributed by atoms with Gasteiger partial charge < -0.3 is 11.1 Å². The SMILES string of the molecule is CCN(CC)Cc1cccc(NCCCCCCN)c1. The van der Waals surface area contributed by atoms with E-state index in [4.69, 9.17) is 5.73 Å². The van der Waals surface area contributed by atoms with Gasteiger partial charge in [0.25, 0.3) is 0 Å². The first-order valence-electron chi connectivity index (χ1n) is 8.05. The molecule has 0 bridgehead atoms. The summed E-state index contributed by atoms with van der Waals surface area (Å²) in [5.41, 5.74) is 8.13. The minimum atomic E-state index is 0.820. The van der Waals surface area contributed by atoms with Crippen LogP contribution in [0.15, 0.2) is 24.3 Å². The van der Waals surface area contributed by atoms with Crippen molar-refractivity contribution in [3.05, 3.63) is 29.8 Å². The Morgan fingerprint density at radius 2 is 1.80 bits per heavy atom. The quantitative estimate of drug-likeness (QED) is 0.609. The average Bonchev–Trinajstić information content (AvgIpc) is 2.49. The Hall–Kier alpha value is -1.06. The third-order valence-corrected chi connectivity index (χ3v) is 3.69. The zero-order chi connectivity index (χ0) is 14.6. The summed E-state index contributed by atoms with van der Waals surface area (Å²) in [5.74, 6) is 0. The predicted molar refractivity (Wildman–Crippen MR) is 89.1 cm³/mol. The van der Waals surface area contributed by atoms with E-state index in [1.807, 2.05) is 0 Å². The standard InChI is InChI=1S/C17H31N3/c1-3-20(4-2)15-16-10-9-11-17(14-16)19-13-8-6-5-7-12-18/h9-11,14,19H,3-8,12-13,15,18H2,1-2H3. The van der Waals surface area contributed by atoms with Crippen molar-refractivity contribution in [1.82, 2.24) is 4.90 Å². The lowest BCUT2D eigenvalue weighted by atomic mass is 10.1. The molecule has 0 aromatic heterocycles. The van der Waals surface area contributed by atoms with Crippen molar-refractivity contribution in [2.75, 3.05) is 31.5 Å². The molecule has 20 heavy (non-hydrogen) atoms. The van der Waals surface area contributed by atoms with Crippen molar-refractivity contribution in [2.24, 2.45) is 5.73 Å². The summed E-state index contributed by atoms with van der Waals surface area (Å²) in [4.78, 5) is 2.44. The molecule has 0 aliphatic carbocycles. The van der Waals surface area contributed by atoms with Crippen molar-refractivity contribution < 1.29 is 0 Å². The number of nitrogens with zero attached hydrogens (tertiary/aromatic N) is 1. The minimum absolute atomic E-state index is 0.820. The van der Waals surface area contributed by atoms with E-state index in [9.17, 15) is 0 Å². The molecular weight excluding hydrogens is 246 g/mol.